The third kappa shape index (κ3) is 3.64. The minimum Gasteiger partial charge on any atom is -0.459 e. The van der Waals surface area contributed by atoms with Crippen LogP contribution in [0.25, 0.3) is 0 Å². The van der Waals surface area contributed by atoms with Gasteiger partial charge in [0.2, 0.25) is 0 Å². The molecule has 5 atom stereocenters. The molecule has 1 nitrogen and oxygen atoms in total. The molecule has 3 saturated carbocycles. The topological polar surface area (TPSA) is 12.5 Å². The van der Waals surface area contributed by atoms with E-state index in [0.717, 1.165) is 29.1 Å². The Hall–Kier alpha value is -0.460. The molecule has 0 N–H and O–H groups in total. The molecular weight excluding hydrogens is 280 g/mol. The van der Waals surface area contributed by atoms with E-state index in [-0.39, 0.29) is 0 Å². The Balaban J connectivity index is 0.000000295. The van der Waals surface area contributed by atoms with Gasteiger partial charge in [0, 0.05) is 12.8 Å². The molecule has 5 aliphatic rings. The van der Waals surface area contributed by atoms with Crippen LogP contribution < -0.4 is 0 Å². The first kappa shape index (κ1) is 20.6. The summed E-state index contributed by atoms with van der Waals surface area (Å²) in [7, 11) is 0. The molecular formula is C22H42O. The fraction of sp³-hybridized carbons (Fsp3) is 0.909. The van der Waals surface area contributed by atoms with Crippen molar-refractivity contribution < 1.29 is 4.74 Å². The number of allylic oxidation sites excluding steroid dienone is 2. The summed E-state index contributed by atoms with van der Waals surface area (Å²) in [5.41, 5.74) is 0.831. The predicted octanol–water partition coefficient (Wildman–Crippen LogP) is 7.57. The molecule has 0 radical (unpaired) electrons. The van der Waals surface area contributed by atoms with Crippen LogP contribution in [0.3, 0.4) is 0 Å². The van der Waals surface area contributed by atoms with E-state index >= 15 is 0 Å². The fourth-order valence-corrected chi connectivity index (χ4v) is 5.80. The second-order valence-electron chi connectivity index (χ2n) is 6.80. The summed E-state index contributed by atoms with van der Waals surface area (Å²) in [6.45, 7) is 16.0. The third-order valence-electron chi connectivity index (χ3n) is 6.29. The van der Waals surface area contributed by atoms with Gasteiger partial charge in [0.15, 0.2) is 0 Å². The molecule has 0 aromatic rings. The Morgan fingerprint density at radius 1 is 0.826 bits per heavy atom. The van der Waals surface area contributed by atoms with Gasteiger partial charge < -0.3 is 4.74 Å². The smallest absolute Gasteiger partial charge is 0.142 e. The zero-order valence-corrected chi connectivity index (χ0v) is 17.2. The molecule has 0 saturated heterocycles. The highest BCUT2D eigenvalue weighted by Crippen LogP contribution is 2.71. The normalized spacial score (nSPS) is 39.3. The highest BCUT2D eigenvalue weighted by atomic mass is 16.6. The van der Waals surface area contributed by atoms with Crippen molar-refractivity contribution in [1.82, 2.24) is 0 Å². The first-order valence-corrected chi connectivity index (χ1v) is 10.7. The van der Waals surface area contributed by atoms with E-state index in [2.05, 4.69) is 0 Å². The number of rotatable bonds is 0. The lowest BCUT2D eigenvalue weighted by Crippen LogP contribution is -2.23. The van der Waals surface area contributed by atoms with Crippen LogP contribution in [0.15, 0.2) is 11.5 Å². The molecule has 5 unspecified atom stereocenters. The Kier molecular flexibility index (Phi) is 8.18. The first-order valence-electron chi connectivity index (χ1n) is 10.7. The summed E-state index contributed by atoms with van der Waals surface area (Å²) < 4.78 is 5.57. The number of hydrogen-bond acceptors (Lipinski definition) is 1. The maximum atomic E-state index is 5.57. The van der Waals surface area contributed by atoms with Crippen LogP contribution in [0.1, 0.15) is 100 Å². The Morgan fingerprint density at radius 2 is 1.43 bits per heavy atom. The van der Waals surface area contributed by atoms with Crippen LogP contribution >= 0.6 is 0 Å². The third-order valence-corrected chi connectivity index (χ3v) is 6.29. The number of hydrogen-bond donors (Lipinski definition) is 0. The van der Waals surface area contributed by atoms with Crippen LogP contribution in [0, 0.1) is 29.1 Å². The Morgan fingerprint density at radius 3 is 2.04 bits per heavy atom. The van der Waals surface area contributed by atoms with Gasteiger partial charge in [-0.3, -0.25) is 0 Å². The minimum atomic E-state index is 0.831. The maximum absolute atomic E-state index is 5.57. The lowest BCUT2D eigenvalue weighted by Gasteiger charge is -2.31. The van der Waals surface area contributed by atoms with Crippen molar-refractivity contribution in [3.63, 3.8) is 0 Å². The lowest BCUT2D eigenvalue weighted by atomic mass is 9.73. The second-order valence-corrected chi connectivity index (χ2v) is 6.80. The van der Waals surface area contributed by atoms with Crippen LogP contribution in [0.5, 0.6) is 0 Å². The average molecular weight is 323 g/mol. The van der Waals surface area contributed by atoms with Crippen LogP contribution in [-0.2, 0) is 4.74 Å². The van der Waals surface area contributed by atoms with E-state index in [4.69, 9.17) is 4.74 Å². The summed E-state index contributed by atoms with van der Waals surface area (Å²) in [5, 5.41) is 0. The van der Waals surface area contributed by atoms with Gasteiger partial charge in [0.1, 0.15) is 11.5 Å². The van der Waals surface area contributed by atoms with Gasteiger partial charge in [-0.2, -0.15) is 0 Å². The van der Waals surface area contributed by atoms with Crippen molar-refractivity contribution >= 4 is 0 Å². The molecule has 4 aliphatic carbocycles. The van der Waals surface area contributed by atoms with Gasteiger partial charge in [-0.05, 0) is 61.2 Å². The van der Waals surface area contributed by atoms with Gasteiger partial charge >= 0.3 is 0 Å². The van der Waals surface area contributed by atoms with Gasteiger partial charge in [-0.15, -0.1) is 0 Å². The highest BCUT2D eigenvalue weighted by Gasteiger charge is 2.62. The Labute approximate surface area is 146 Å². The van der Waals surface area contributed by atoms with Crippen molar-refractivity contribution in [3.05, 3.63) is 11.5 Å². The summed E-state index contributed by atoms with van der Waals surface area (Å²) in [6, 6.07) is 0. The SMILES string of the molecule is C1CC23CC1CC2C1CC2=C(CC1C3)O2.CC.CC.CC.CC. The molecule has 23 heavy (non-hydrogen) atoms. The molecule has 1 spiro atoms. The summed E-state index contributed by atoms with van der Waals surface area (Å²) in [4.78, 5) is 0. The quantitative estimate of drug-likeness (QED) is 0.448. The van der Waals surface area contributed by atoms with E-state index in [9.17, 15) is 0 Å². The molecule has 3 fully saturated rings. The lowest BCUT2D eigenvalue weighted by molar-refractivity contribution is 0.186. The molecule has 5 rings (SSSR count). The minimum absolute atomic E-state index is 0.831. The van der Waals surface area contributed by atoms with E-state index in [1.807, 2.05) is 55.4 Å². The standard InChI is InChI=1S/C14H18O.4C2H6/c1-2-14-6-8(1)3-11(14)10-5-13-12(15-13)4-9(10)7-14;4*1-2/h8-11H,1-7H2;4*1-2H3. The number of fused-ring (bicyclic) bond motifs is 3. The van der Waals surface area contributed by atoms with Crippen molar-refractivity contribution in [2.24, 2.45) is 29.1 Å². The molecule has 0 aromatic carbocycles. The zero-order valence-electron chi connectivity index (χ0n) is 17.2. The number of ether oxygens (including phenoxy) is 1. The van der Waals surface area contributed by atoms with Crippen LogP contribution in [-0.4, -0.2) is 0 Å². The molecule has 136 valence electrons. The van der Waals surface area contributed by atoms with Gasteiger partial charge in [0.25, 0.3) is 0 Å². The summed E-state index contributed by atoms with van der Waals surface area (Å²) in [5.74, 6) is 7.04. The van der Waals surface area contributed by atoms with E-state index < -0.39 is 0 Å². The van der Waals surface area contributed by atoms with Crippen molar-refractivity contribution in [1.29, 1.82) is 0 Å². The molecule has 1 heteroatoms. The highest BCUT2D eigenvalue weighted by molar-refractivity contribution is 5.26. The van der Waals surface area contributed by atoms with E-state index in [1.165, 1.54) is 24.4 Å². The molecule has 0 amide bonds. The van der Waals surface area contributed by atoms with Crippen LogP contribution in [0.2, 0.25) is 0 Å². The summed E-state index contributed by atoms with van der Waals surface area (Å²) in [6.07, 6.45) is 10.5. The molecule has 0 aromatic heterocycles. The molecule has 2 bridgehead atoms. The van der Waals surface area contributed by atoms with Crippen molar-refractivity contribution in [3.8, 4) is 0 Å². The average Bonchev–Trinajstić information content (AvgIpc) is 3.00. The summed E-state index contributed by atoms with van der Waals surface area (Å²) >= 11 is 0. The maximum Gasteiger partial charge on any atom is 0.142 e. The van der Waals surface area contributed by atoms with E-state index in [1.54, 1.807) is 32.1 Å². The molecule has 1 heterocycles. The van der Waals surface area contributed by atoms with Gasteiger partial charge in [0.05, 0.1) is 0 Å². The molecule has 1 aliphatic heterocycles. The fourth-order valence-electron chi connectivity index (χ4n) is 5.80. The Bertz CT molecular complexity index is 383. The zero-order chi connectivity index (χ0) is 17.6. The van der Waals surface area contributed by atoms with E-state index in [0.29, 0.717) is 0 Å². The second kappa shape index (κ2) is 9.14. The monoisotopic (exact) mass is 322 g/mol. The first-order chi connectivity index (χ1) is 11.3. The predicted molar refractivity (Wildman–Crippen MR) is 102 cm³/mol. The van der Waals surface area contributed by atoms with Crippen molar-refractivity contribution in [2.45, 2.75) is 100 Å². The van der Waals surface area contributed by atoms with Crippen molar-refractivity contribution in [2.75, 3.05) is 0 Å². The largest absolute Gasteiger partial charge is 0.459 e. The van der Waals surface area contributed by atoms with Gasteiger partial charge in [-0.1, -0.05) is 55.4 Å². The van der Waals surface area contributed by atoms with Gasteiger partial charge in [-0.25, -0.2) is 0 Å². The van der Waals surface area contributed by atoms with Crippen LogP contribution in [0.4, 0.5) is 0 Å².